The van der Waals surface area contributed by atoms with E-state index >= 15 is 0 Å². The van der Waals surface area contributed by atoms with Gasteiger partial charge in [-0.2, -0.15) is 0 Å². The predicted octanol–water partition coefficient (Wildman–Crippen LogP) is 3.43. The van der Waals surface area contributed by atoms with E-state index in [1.165, 1.54) is 28.1 Å². The van der Waals surface area contributed by atoms with Crippen molar-refractivity contribution in [1.82, 2.24) is 0 Å². The van der Waals surface area contributed by atoms with Gasteiger partial charge in [0, 0.05) is 49.5 Å². The van der Waals surface area contributed by atoms with E-state index in [1.54, 1.807) is 13.8 Å². The van der Waals surface area contributed by atoms with Crippen LogP contribution < -0.4 is 0 Å². The minimum atomic E-state index is -1.07. The van der Waals surface area contributed by atoms with E-state index in [1.807, 2.05) is 13.8 Å². The molecule has 0 amide bonds. The van der Waals surface area contributed by atoms with Gasteiger partial charge in [0.25, 0.3) is 0 Å². The van der Waals surface area contributed by atoms with E-state index in [0.717, 1.165) is 0 Å². The number of ether oxygens (including phenoxy) is 2. The van der Waals surface area contributed by atoms with Gasteiger partial charge in [-0.1, -0.05) is 20.4 Å². The molecular weight excluding hydrogens is 372 g/mol. The number of hydrogen-bond acceptors (Lipinski definition) is 8. The first-order chi connectivity index (χ1) is 12.7. The minimum Gasteiger partial charge on any atom is -0.469 e. The Morgan fingerprint density at radius 1 is 1.07 bits per heavy atom. The zero-order valence-corrected chi connectivity index (χ0v) is 18.1. The fraction of sp³-hybridized carbons (Fsp3) is 0.778. The van der Waals surface area contributed by atoms with E-state index in [-0.39, 0.29) is 34.1 Å². The third kappa shape index (κ3) is 14.6. The summed E-state index contributed by atoms with van der Waals surface area (Å²) in [6.45, 7) is 13.3. The number of methoxy groups -OCH3 is 2. The Morgan fingerprint density at radius 2 is 1.50 bits per heavy atom. The SMILES string of the molecule is C=C(CC)C(=O)OC.CC(C)[N+](=O)[O-].CCC(CC(C)(C)[N+](=O)[O-])C(=O)OC. The maximum absolute atomic E-state index is 11.2. The molecule has 164 valence electrons. The molecule has 0 rings (SSSR count). The van der Waals surface area contributed by atoms with Gasteiger partial charge in [0.05, 0.1) is 20.1 Å². The van der Waals surface area contributed by atoms with E-state index in [4.69, 9.17) is 0 Å². The molecule has 1 atom stereocenters. The van der Waals surface area contributed by atoms with Gasteiger partial charge in [-0.15, -0.1) is 0 Å². The molecule has 0 saturated carbocycles. The number of nitrogens with zero attached hydrogens (tertiary/aromatic N) is 2. The molecule has 0 aliphatic heterocycles. The first kappa shape index (κ1) is 30.2. The van der Waals surface area contributed by atoms with Gasteiger partial charge < -0.3 is 9.47 Å². The largest absolute Gasteiger partial charge is 0.469 e. The van der Waals surface area contributed by atoms with Crippen LogP contribution in [0, 0.1) is 26.1 Å². The Bertz CT molecular complexity index is 516. The minimum absolute atomic E-state index is 0.211. The van der Waals surface area contributed by atoms with Gasteiger partial charge in [0.2, 0.25) is 11.6 Å². The van der Waals surface area contributed by atoms with E-state index in [0.29, 0.717) is 18.4 Å². The van der Waals surface area contributed by atoms with Crippen molar-refractivity contribution in [2.45, 2.75) is 72.4 Å². The standard InChI is InChI=1S/C9H17NO4.C6H10O2.C3H7NO2/c1-5-7(8(11)14-4)6-9(2,3)10(12)13;1-4-5(2)6(7)8-3;1-3(2)4(5)6/h7H,5-6H2,1-4H3;2,4H2,1,3H3;3H,1-2H3. The molecule has 0 aromatic carbocycles. The summed E-state index contributed by atoms with van der Waals surface area (Å²) in [4.78, 5) is 41.1. The summed E-state index contributed by atoms with van der Waals surface area (Å²) in [5, 5.41) is 20.1. The average Bonchev–Trinajstić information content (AvgIpc) is 2.64. The van der Waals surface area contributed by atoms with Crippen LogP contribution in [0.5, 0.6) is 0 Å². The van der Waals surface area contributed by atoms with Crippen molar-refractivity contribution in [2.24, 2.45) is 5.92 Å². The first-order valence-corrected chi connectivity index (χ1v) is 8.83. The number of carbonyl (C=O) groups excluding carboxylic acids is 2. The van der Waals surface area contributed by atoms with Crippen molar-refractivity contribution >= 4 is 11.9 Å². The highest BCUT2D eigenvalue weighted by Gasteiger charge is 2.36. The lowest BCUT2D eigenvalue weighted by Crippen LogP contribution is -2.35. The number of carbonyl (C=O) groups is 2. The molecule has 0 N–H and O–H groups in total. The molecule has 0 fully saturated rings. The molecule has 0 heterocycles. The maximum Gasteiger partial charge on any atom is 0.333 e. The van der Waals surface area contributed by atoms with Gasteiger partial charge >= 0.3 is 11.9 Å². The Balaban J connectivity index is -0.000000376. The highest BCUT2D eigenvalue weighted by molar-refractivity contribution is 5.87. The Morgan fingerprint density at radius 3 is 1.68 bits per heavy atom. The van der Waals surface area contributed by atoms with Crippen LogP contribution in [0.25, 0.3) is 0 Å². The van der Waals surface area contributed by atoms with Gasteiger partial charge in [-0.3, -0.25) is 25.0 Å². The van der Waals surface area contributed by atoms with Crippen molar-refractivity contribution in [3.8, 4) is 0 Å². The quantitative estimate of drug-likeness (QED) is 0.258. The molecule has 10 heteroatoms. The van der Waals surface area contributed by atoms with Gasteiger partial charge in [-0.05, 0) is 12.8 Å². The molecule has 0 aromatic rings. The second-order valence-electron chi connectivity index (χ2n) is 6.73. The number of nitro groups is 2. The van der Waals surface area contributed by atoms with Crippen molar-refractivity contribution < 1.29 is 28.9 Å². The van der Waals surface area contributed by atoms with Crippen molar-refractivity contribution in [2.75, 3.05) is 14.2 Å². The zero-order valence-electron chi connectivity index (χ0n) is 18.1. The van der Waals surface area contributed by atoms with Crippen molar-refractivity contribution in [1.29, 1.82) is 0 Å². The normalized spacial score (nSPS) is 11.0. The number of hydrogen-bond donors (Lipinski definition) is 0. The van der Waals surface area contributed by atoms with Crippen LogP contribution in [0.3, 0.4) is 0 Å². The third-order valence-electron chi connectivity index (χ3n) is 3.59. The second-order valence-corrected chi connectivity index (χ2v) is 6.73. The molecule has 0 radical (unpaired) electrons. The van der Waals surface area contributed by atoms with E-state index < -0.39 is 11.6 Å². The summed E-state index contributed by atoms with van der Waals surface area (Å²) in [5.74, 6) is -1.07. The van der Waals surface area contributed by atoms with Crippen LogP contribution >= 0.6 is 0 Å². The maximum atomic E-state index is 11.2. The van der Waals surface area contributed by atoms with Crippen LogP contribution in [-0.4, -0.2) is 47.6 Å². The Labute approximate surface area is 166 Å². The van der Waals surface area contributed by atoms with Crippen LogP contribution in [0.1, 0.15) is 60.8 Å². The third-order valence-corrected chi connectivity index (χ3v) is 3.59. The molecule has 0 aliphatic carbocycles. The topological polar surface area (TPSA) is 139 Å². The van der Waals surface area contributed by atoms with Crippen LogP contribution in [0.4, 0.5) is 0 Å². The highest BCUT2D eigenvalue weighted by atomic mass is 16.6. The summed E-state index contributed by atoms with van der Waals surface area (Å²) in [7, 11) is 2.65. The number of esters is 2. The summed E-state index contributed by atoms with van der Waals surface area (Å²) >= 11 is 0. The molecule has 28 heavy (non-hydrogen) atoms. The van der Waals surface area contributed by atoms with Gasteiger partial charge in [0.15, 0.2) is 0 Å². The Hall–Kier alpha value is -2.52. The molecule has 0 bridgehead atoms. The monoisotopic (exact) mass is 406 g/mol. The van der Waals surface area contributed by atoms with E-state index in [9.17, 15) is 29.8 Å². The predicted molar refractivity (Wildman–Crippen MR) is 105 cm³/mol. The molecule has 0 aliphatic rings. The zero-order chi connectivity index (χ0) is 23.1. The van der Waals surface area contributed by atoms with Gasteiger partial charge in [0.1, 0.15) is 0 Å². The highest BCUT2D eigenvalue weighted by Crippen LogP contribution is 2.22. The summed E-state index contributed by atoms with van der Waals surface area (Å²) in [6.07, 6.45) is 1.43. The lowest BCUT2D eigenvalue weighted by atomic mass is 9.89. The lowest BCUT2D eigenvalue weighted by molar-refractivity contribution is -0.562. The summed E-state index contributed by atoms with van der Waals surface area (Å²) in [6, 6.07) is -0.426. The Kier molecular flexibility index (Phi) is 16.8. The molecule has 0 aromatic heterocycles. The van der Waals surface area contributed by atoms with Crippen LogP contribution in [-0.2, 0) is 19.1 Å². The smallest absolute Gasteiger partial charge is 0.333 e. The fourth-order valence-corrected chi connectivity index (χ4v) is 1.53. The summed E-state index contributed by atoms with van der Waals surface area (Å²) in [5.41, 5.74) is -0.554. The first-order valence-electron chi connectivity index (χ1n) is 8.83. The second kappa shape index (κ2) is 15.5. The van der Waals surface area contributed by atoms with Crippen molar-refractivity contribution in [3.05, 3.63) is 32.4 Å². The van der Waals surface area contributed by atoms with Crippen LogP contribution in [0.15, 0.2) is 12.2 Å². The van der Waals surface area contributed by atoms with Crippen molar-refractivity contribution in [3.63, 3.8) is 0 Å². The molecular formula is C18H34N2O8. The molecule has 10 nitrogen and oxygen atoms in total. The average molecular weight is 406 g/mol. The molecule has 0 spiro atoms. The molecule has 1 unspecified atom stereocenters. The fourth-order valence-electron chi connectivity index (χ4n) is 1.53. The van der Waals surface area contributed by atoms with E-state index in [2.05, 4.69) is 16.1 Å². The summed E-state index contributed by atoms with van der Waals surface area (Å²) < 4.78 is 8.93. The lowest BCUT2D eigenvalue weighted by Gasteiger charge is -2.20. The molecule has 0 saturated heterocycles. The number of rotatable bonds is 8. The van der Waals surface area contributed by atoms with Gasteiger partial charge in [-0.25, -0.2) is 4.79 Å². The van der Waals surface area contributed by atoms with Crippen LogP contribution in [0.2, 0.25) is 0 Å².